The normalized spacial score (nSPS) is 12.7. The molecule has 0 radical (unpaired) electrons. The van der Waals surface area contributed by atoms with Gasteiger partial charge in [0.25, 0.3) is 0 Å². The number of alkyl halides is 6. The standard InChI is InChI=1S/C12H9F6N3/c13-11(14,15)8-5-7(6-19)1-2-9(8)21-4-3-10(20-21)12(16,17)18/h1-5H,6,19H2. The van der Waals surface area contributed by atoms with Crippen molar-refractivity contribution < 1.29 is 26.3 Å². The Balaban J connectivity index is 2.56. The van der Waals surface area contributed by atoms with Crippen LogP contribution in [0, 0.1) is 0 Å². The van der Waals surface area contributed by atoms with E-state index in [1.165, 1.54) is 6.07 Å². The second-order valence-electron chi connectivity index (χ2n) is 4.20. The third kappa shape index (κ3) is 3.18. The van der Waals surface area contributed by atoms with Crippen LogP contribution in [-0.4, -0.2) is 9.78 Å². The molecule has 0 unspecified atom stereocenters. The average molecular weight is 309 g/mol. The van der Waals surface area contributed by atoms with Crippen LogP contribution >= 0.6 is 0 Å². The Bertz CT molecular complexity index is 641. The predicted octanol–water partition coefficient (Wildman–Crippen LogP) is 3.37. The van der Waals surface area contributed by atoms with E-state index in [4.69, 9.17) is 5.73 Å². The third-order valence-electron chi connectivity index (χ3n) is 2.73. The molecule has 114 valence electrons. The van der Waals surface area contributed by atoms with E-state index in [1.54, 1.807) is 0 Å². The van der Waals surface area contributed by atoms with E-state index >= 15 is 0 Å². The van der Waals surface area contributed by atoms with Crippen LogP contribution in [0.4, 0.5) is 26.3 Å². The smallest absolute Gasteiger partial charge is 0.326 e. The Labute approximate surface area is 115 Å². The average Bonchev–Trinajstić information content (AvgIpc) is 2.86. The number of rotatable bonds is 2. The number of hydrogen-bond acceptors (Lipinski definition) is 2. The zero-order valence-electron chi connectivity index (χ0n) is 10.3. The molecule has 0 fully saturated rings. The first-order valence-electron chi connectivity index (χ1n) is 5.66. The Morgan fingerprint density at radius 3 is 2.14 bits per heavy atom. The molecule has 3 nitrogen and oxygen atoms in total. The van der Waals surface area contributed by atoms with Crippen LogP contribution in [0.2, 0.25) is 0 Å². The van der Waals surface area contributed by atoms with Gasteiger partial charge in [-0.15, -0.1) is 0 Å². The fourth-order valence-electron chi connectivity index (χ4n) is 1.75. The highest BCUT2D eigenvalue weighted by atomic mass is 19.4. The lowest BCUT2D eigenvalue weighted by molar-refractivity contribution is -0.141. The molecular weight excluding hydrogens is 300 g/mol. The molecule has 1 aromatic heterocycles. The zero-order valence-corrected chi connectivity index (χ0v) is 10.3. The van der Waals surface area contributed by atoms with Crippen molar-refractivity contribution >= 4 is 0 Å². The van der Waals surface area contributed by atoms with E-state index in [0.29, 0.717) is 10.7 Å². The molecule has 2 rings (SSSR count). The monoisotopic (exact) mass is 309 g/mol. The Morgan fingerprint density at radius 2 is 1.67 bits per heavy atom. The summed E-state index contributed by atoms with van der Waals surface area (Å²) in [7, 11) is 0. The summed E-state index contributed by atoms with van der Waals surface area (Å²) >= 11 is 0. The number of halogens is 6. The molecule has 0 aliphatic heterocycles. The van der Waals surface area contributed by atoms with E-state index in [1.807, 2.05) is 0 Å². The number of nitrogens with zero attached hydrogens (tertiary/aromatic N) is 2. The molecule has 0 aliphatic rings. The molecule has 0 amide bonds. The van der Waals surface area contributed by atoms with Gasteiger partial charge in [-0.25, -0.2) is 4.68 Å². The van der Waals surface area contributed by atoms with Crippen LogP contribution in [-0.2, 0) is 18.9 Å². The molecule has 2 aromatic rings. The molecule has 0 atom stereocenters. The van der Waals surface area contributed by atoms with Crippen molar-refractivity contribution in [3.63, 3.8) is 0 Å². The molecule has 9 heteroatoms. The van der Waals surface area contributed by atoms with Gasteiger partial charge in [0.1, 0.15) is 0 Å². The molecule has 0 spiro atoms. The van der Waals surface area contributed by atoms with Gasteiger partial charge in [-0.1, -0.05) is 6.07 Å². The summed E-state index contributed by atoms with van der Waals surface area (Å²) in [5.41, 5.74) is 2.64. The van der Waals surface area contributed by atoms with Gasteiger partial charge in [0, 0.05) is 12.7 Å². The van der Waals surface area contributed by atoms with Gasteiger partial charge in [-0.3, -0.25) is 0 Å². The Morgan fingerprint density at radius 1 is 1.00 bits per heavy atom. The lowest BCUT2D eigenvalue weighted by atomic mass is 10.1. The largest absolute Gasteiger partial charge is 0.435 e. The predicted molar refractivity (Wildman–Crippen MR) is 61.5 cm³/mol. The maximum absolute atomic E-state index is 13.0. The summed E-state index contributed by atoms with van der Waals surface area (Å²) in [5.74, 6) is 0. The SMILES string of the molecule is NCc1ccc(-n2ccc(C(F)(F)F)n2)c(C(F)(F)F)c1. The zero-order chi connectivity index (χ0) is 15.8. The molecule has 0 saturated carbocycles. The number of benzene rings is 1. The van der Waals surface area contributed by atoms with Gasteiger partial charge in [0.05, 0.1) is 11.3 Å². The second-order valence-corrected chi connectivity index (χ2v) is 4.20. The van der Waals surface area contributed by atoms with Crippen molar-refractivity contribution in [2.75, 3.05) is 0 Å². The van der Waals surface area contributed by atoms with Crippen LogP contribution in [0.5, 0.6) is 0 Å². The van der Waals surface area contributed by atoms with Crippen molar-refractivity contribution in [1.82, 2.24) is 9.78 Å². The number of nitrogens with two attached hydrogens (primary N) is 1. The number of hydrogen-bond donors (Lipinski definition) is 1. The van der Waals surface area contributed by atoms with E-state index in [9.17, 15) is 26.3 Å². The van der Waals surface area contributed by atoms with Crippen molar-refractivity contribution in [2.24, 2.45) is 5.73 Å². The summed E-state index contributed by atoms with van der Waals surface area (Å²) in [6.07, 6.45) is -8.62. The molecule has 21 heavy (non-hydrogen) atoms. The molecule has 0 aliphatic carbocycles. The highest BCUT2D eigenvalue weighted by Crippen LogP contribution is 2.35. The summed E-state index contributed by atoms with van der Waals surface area (Å²) < 4.78 is 76.9. The van der Waals surface area contributed by atoms with Crippen LogP contribution < -0.4 is 5.73 Å². The molecular formula is C12H9F6N3. The minimum Gasteiger partial charge on any atom is -0.326 e. The quantitative estimate of drug-likeness (QED) is 0.864. The highest BCUT2D eigenvalue weighted by Gasteiger charge is 2.36. The van der Waals surface area contributed by atoms with Gasteiger partial charge in [0.2, 0.25) is 0 Å². The van der Waals surface area contributed by atoms with Crippen LogP contribution in [0.25, 0.3) is 5.69 Å². The lowest BCUT2D eigenvalue weighted by Gasteiger charge is -2.14. The molecule has 0 bridgehead atoms. The van der Waals surface area contributed by atoms with Gasteiger partial charge >= 0.3 is 12.4 Å². The summed E-state index contributed by atoms with van der Waals surface area (Å²) in [6.45, 7) is -0.115. The maximum Gasteiger partial charge on any atom is 0.435 e. The van der Waals surface area contributed by atoms with Crippen LogP contribution in [0.1, 0.15) is 16.8 Å². The Hall–Kier alpha value is -2.03. The fourth-order valence-corrected chi connectivity index (χ4v) is 1.75. The maximum atomic E-state index is 13.0. The van der Waals surface area contributed by atoms with Crippen LogP contribution in [0.3, 0.4) is 0 Å². The van der Waals surface area contributed by atoms with Gasteiger partial charge < -0.3 is 5.73 Å². The fraction of sp³-hybridized carbons (Fsp3) is 0.250. The first kappa shape index (κ1) is 15.4. The molecule has 1 heterocycles. The topological polar surface area (TPSA) is 43.8 Å². The van der Waals surface area contributed by atoms with E-state index < -0.39 is 29.3 Å². The highest BCUT2D eigenvalue weighted by molar-refractivity contribution is 5.45. The molecule has 1 aromatic carbocycles. The summed E-state index contributed by atoms with van der Waals surface area (Å²) in [5, 5.41) is 3.14. The van der Waals surface area contributed by atoms with E-state index in [-0.39, 0.29) is 12.1 Å². The first-order chi connectivity index (χ1) is 9.63. The van der Waals surface area contributed by atoms with Gasteiger partial charge in [-0.2, -0.15) is 31.4 Å². The van der Waals surface area contributed by atoms with E-state index in [2.05, 4.69) is 5.10 Å². The molecule has 0 saturated heterocycles. The van der Waals surface area contributed by atoms with Crippen molar-refractivity contribution in [3.05, 3.63) is 47.3 Å². The lowest BCUT2D eigenvalue weighted by Crippen LogP contribution is -2.14. The number of aromatic nitrogens is 2. The van der Waals surface area contributed by atoms with E-state index in [0.717, 1.165) is 18.3 Å². The first-order valence-corrected chi connectivity index (χ1v) is 5.66. The van der Waals surface area contributed by atoms with Crippen molar-refractivity contribution in [3.8, 4) is 5.69 Å². The second kappa shape index (κ2) is 5.06. The minimum atomic E-state index is -4.73. The Kier molecular flexibility index (Phi) is 3.70. The third-order valence-corrected chi connectivity index (χ3v) is 2.73. The van der Waals surface area contributed by atoms with Gasteiger partial charge in [0.15, 0.2) is 5.69 Å². The minimum absolute atomic E-state index is 0.115. The summed E-state index contributed by atoms with van der Waals surface area (Å²) in [6, 6.07) is 3.75. The summed E-state index contributed by atoms with van der Waals surface area (Å²) in [4.78, 5) is 0. The molecule has 2 N–H and O–H groups in total. The van der Waals surface area contributed by atoms with Crippen molar-refractivity contribution in [1.29, 1.82) is 0 Å². The van der Waals surface area contributed by atoms with Crippen molar-refractivity contribution in [2.45, 2.75) is 18.9 Å². The van der Waals surface area contributed by atoms with Crippen LogP contribution in [0.15, 0.2) is 30.5 Å². The van der Waals surface area contributed by atoms with Gasteiger partial charge in [-0.05, 0) is 23.8 Å².